The second kappa shape index (κ2) is 9.70. The van der Waals surface area contributed by atoms with Gasteiger partial charge in [-0.25, -0.2) is 9.97 Å². The van der Waals surface area contributed by atoms with Gasteiger partial charge in [0, 0.05) is 36.6 Å². The van der Waals surface area contributed by atoms with E-state index >= 15 is 0 Å². The summed E-state index contributed by atoms with van der Waals surface area (Å²) in [7, 11) is 1.84. The van der Waals surface area contributed by atoms with Crippen LogP contribution in [0.15, 0.2) is 36.7 Å². The number of alkyl halides is 4. The Labute approximate surface area is 206 Å². The van der Waals surface area contributed by atoms with Crippen molar-refractivity contribution in [3.63, 3.8) is 0 Å². The van der Waals surface area contributed by atoms with E-state index in [0.29, 0.717) is 12.4 Å². The number of rotatable bonds is 7. The number of fused-ring (bicyclic) bond motifs is 2. The van der Waals surface area contributed by atoms with Crippen LogP contribution < -0.4 is 10.6 Å². The predicted octanol–water partition coefficient (Wildman–Crippen LogP) is 6.08. The van der Waals surface area contributed by atoms with Crippen molar-refractivity contribution < 1.29 is 13.2 Å². The van der Waals surface area contributed by atoms with Gasteiger partial charge in [-0.3, -0.25) is 4.40 Å². The minimum atomic E-state index is -4.17. The van der Waals surface area contributed by atoms with Crippen LogP contribution in [0.2, 0.25) is 0 Å². The van der Waals surface area contributed by atoms with Gasteiger partial charge in [0.2, 0.25) is 0 Å². The van der Waals surface area contributed by atoms with Gasteiger partial charge in [-0.05, 0) is 49.8 Å². The summed E-state index contributed by atoms with van der Waals surface area (Å²) in [6.07, 6.45) is 3.04. The lowest BCUT2D eigenvalue weighted by atomic mass is 9.81. The molecule has 0 saturated heterocycles. The van der Waals surface area contributed by atoms with Crippen LogP contribution in [0.5, 0.6) is 0 Å². The fourth-order valence-electron chi connectivity index (χ4n) is 5.22. The molecule has 3 heterocycles. The number of para-hydroxylation sites is 1. The quantitative estimate of drug-likeness (QED) is 0.267. The molecule has 6 nitrogen and oxygen atoms in total. The number of anilines is 1. The summed E-state index contributed by atoms with van der Waals surface area (Å²) in [5.74, 6) is 2.59. The summed E-state index contributed by atoms with van der Waals surface area (Å²) in [5, 5.41) is 6.83. The fraction of sp³-hybridized carbons (Fsp3) is 0.440. The standard InChI is InChI=1S/C25H28ClF3N6/c1-30-23-22-21(19-11-17-3-2-4-18(12-26)20(17)33-19)34-24(35(22)10-9-32-23)16-7-5-15(6-8-16)13-31-14-25(27,28)29/h2-4,9-11,15-16,31,33H,5-8,12-14H2,1H3,(H,30,32). The number of halogens is 4. The molecule has 5 rings (SSSR count). The van der Waals surface area contributed by atoms with E-state index in [0.717, 1.165) is 70.7 Å². The molecule has 0 atom stereocenters. The van der Waals surface area contributed by atoms with Crippen molar-refractivity contribution in [1.82, 2.24) is 24.7 Å². The van der Waals surface area contributed by atoms with E-state index in [1.807, 2.05) is 25.4 Å². The number of aromatic amines is 1. The van der Waals surface area contributed by atoms with Crippen molar-refractivity contribution in [3.05, 3.63) is 48.0 Å². The molecular formula is C25H28ClF3N6. The summed E-state index contributed by atoms with van der Waals surface area (Å²) >= 11 is 6.16. The van der Waals surface area contributed by atoms with Crippen LogP contribution in [0, 0.1) is 5.92 Å². The zero-order valence-corrected chi connectivity index (χ0v) is 20.2. The maximum absolute atomic E-state index is 12.5. The molecule has 1 aromatic carbocycles. The molecule has 0 spiro atoms. The van der Waals surface area contributed by atoms with E-state index in [1.54, 1.807) is 6.20 Å². The van der Waals surface area contributed by atoms with Crippen molar-refractivity contribution in [2.75, 3.05) is 25.5 Å². The van der Waals surface area contributed by atoms with Crippen LogP contribution >= 0.6 is 11.6 Å². The van der Waals surface area contributed by atoms with Gasteiger partial charge in [0.05, 0.1) is 17.8 Å². The number of nitrogens with zero attached hydrogens (tertiary/aromatic N) is 3. The largest absolute Gasteiger partial charge is 0.401 e. The molecule has 0 unspecified atom stereocenters. The lowest BCUT2D eigenvalue weighted by Crippen LogP contribution is -2.33. The zero-order valence-electron chi connectivity index (χ0n) is 19.4. The average molecular weight is 505 g/mol. The van der Waals surface area contributed by atoms with Gasteiger partial charge in [-0.15, -0.1) is 11.6 Å². The molecule has 0 aliphatic heterocycles. The Bertz CT molecular complexity index is 1320. The molecular weight excluding hydrogens is 477 g/mol. The minimum Gasteiger partial charge on any atom is -0.371 e. The molecule has 0 bridgehead atoms. The lowest BCUT2D eigenvalue weighted by Gasteiger charge is -2.28. The summed E-state index contributed by atoms with van der Waals surface area (Å²) in [6.45, 7) is -0.539. The number of H-pyrrole nitrogens is 1. The topological polar surface area (TPSA) is 70.0 Å². The first-order valence-corrected chi connectivity index (χ1v) is 12.4. The smallest absolute Gasteiger partial charge is 0.371 e. The van der Waals surface area contributed by atoms with E-state index in [2.05, 4.69) is 37.1 Å². The maximum Gasteiger partial charge on any atom is 0.401 e. The van der Waals surface area contributed by atoms with Gasteiger partial charge in [-0.2, -0.15) is 13.2 Å². The Kier molecular flexibility index (Phi) is 6.63. The third kappa shape index (κ3) is 4.84. The second-order valence-electron chi connectivity index (χ2n) is 9.22. The highest BCUT2D eigenvalue weighted by Gasteiger charge is 2.30. The highest BCUT2D eigenvalue weighted by atomic mass is 35.5. The SMILES string of the molecule is CNc1nccn2c(C3CCC(CNCC(F)(F)F)CC3)nc(-c3cc4cccc(CCl)c4[nH]3)c12. The number of imidazole rings is 1. The first-order chi connectivity index (χ1) is 16.9. The van der Waals surface area contributed by atoms with Crippen LogP contribution in [0.25, 0.3) is 27.8 Å². The highest BCUT2D eigenvalue weighted by molar-refractivity contribution is 6.18. The van der Waals surface area contributed by atoms with E-state index in [-0.39, 0.29) is 11.8 Å². The number of benzene rings is 1. The number of hydrogen-bond donors (Lipinski definition) is 3. The summed E-state index contributed by atoms with van der Waals surface area (Å²) < 4.78 is 39.5. The van der Waals surface area contributed by atoms with E-state index in [1.165, 1.54) is 0 Å². The van der Waals surface area contributed by atoms with Crippen molar-refractivity contribution in [2.24, 2.45) is 5.92 Å². The van der Waals surface area contributed by atoms with Crippen LogP contribution in [0.4, 0.5) is 19.0 Å². The number of hydrogen-bond acceptors (Lipinski definition) is 4. The lowest BCUT2D eigenvalue weighted by molar-refractivity contribution is -0.125. The van der Waals surface area contributed by atoms with Crippen LogP contribution in [-0.4, -0.2) is 45.7 Å². The zero-order chi connectivity index (χ0) is 24.6. The molecule has 0 radical (unpaired) electrons. The van der Waals surface area contributed by atoms with Gasteiger partial charge in [0.25, 0.3) is 0 Å². The Hall–Kier alpha value is -2.78. The molecule has 186 valence electrons. The molecule has 4 aromatic rings. The molecule has 1 fully saturated rings. The summed E-state index contributed by atoms with van der Waals surface area (Å²) in [4.78, 5) is 13.2. The third-order valence-corrected chi connectivity index (χ3v) is 7.22. The number of aromatic nitrogens is 4. The van der Waals surface area contributed by atoms with E-state index in [4.69, 9.17) is 16.6 Å². The molecule has 1 saturated carbocycles. The Balaban J connectivity index is 1.45. The van der Waals surface area contributed by atoms with Gasteiger partial charge < -0.3 is 15.6 Å². The minimum absolute atomic E-state index is 0.227. The Morgan fingerprint density at radius 3 is 2.71 bits per heavy atom. The van der Waals surface area contributed by atoms with Gasteiger partial charge in [0.15, 0.2) is 5.82 Å². The molecule has 35 heavy (non-hydrogen) atoms. The normalized spacial score (nSPS) is 19.0. The van der Waals surface area contributed by atoms with E-state index in [9.17, 15) is 13.2 Å². The molecule has 3 N–H and O–H groups in total. The van der Waals surface area contributed by atoms with Crippen molar-refractivity contribution in [2.45, 2.75) is 43.7 Å². The van der Waals surface area contributed by atoms with Crippen LogP contribution in [-0.2, 0) is 5.88 Å². The first-order valence-electron chi connectivity index (χ1n) is 11.9. The summed E-state index contributed by atoms with van der Waals surface area (Å²) in [6, 6.07) is 8.15. The first kappa shape index (κ1) is 23.9. The average Bonchev–Trinajstić information content (AvgIpc) is 3.45. The molecule has 0 amide bonds. The summed E-state index contributed by atoms with van der Waals surface area (Å²) in [5.41, 5.74) is 4.66. The molecule has 3 aromatic heterocycles. The second-order valence-corrected chi connectivity index (χ2v) is 9.49. The highest BCUT2D eigenvalue weighted by Crippen LogP contribution is 2.39. The maximum atomic E-state index is 12.5. The van der Waals surface area contributed by atoms with Gasteiger partial charge in [0.1, 0.15) is 17.0 Å². The van der Waals surface area contributed by atoms with Crippen LogP contribution in [0.1, 0.15) is 43.0 Å². The van der Waals surface area contributed by atoms with Gasteiger partial charge in [-0.1, -0.05) is 18.2 Å². The molecule has 10 heteroatoms. The Morgan fingerprint density at radius 1 is 1.20 bits per heavy atom. The van der Waals surface area contributed by atoms with Crippen molar-refractivity contribution in [3.8, 4) is 11.4 Å². The van der Waals surface area contributed by atoms with E-state index < -0.39 is 12.7 Å². The molecule has 1 aliphatic rings. The fourth-order valence-corrected chi connectivity index (χ4v) is 5.44. The van der Waals surface area contributed by atoms with Crippen molar-refractivity contribution >= 4 is 33.8 Å². The van der Waals surface area contributed by atoms with Gasteiger partial charge >= 0.3 is 6.18 Å². The third-order valence-electron chi connectivity index (χ3n) is 6.93. The molecule has 1 aliphatic carbocycles. The van der Waals surface area contributed by atoms with Crippen molar-refractivity contribution in [1.29, 1.82) is 0 Å². The van der Waals surface area contributed by atoms with Crippen LogP contribution in [0.3, 0.4) is 0 Å². The number of nitrogens with one attached hydrogen (secondary N) is 3. The monoisotopic (exact) mass is 504 g/mol. The Morgan fingerprint density at radius 2 is 2.00 bits per heavy atom. The predicted molar refractivity (Wildman–Crippen MR) is 133 cm³/mol.